The van der Waals surface area contributed by atoms with Gasteiger partial charge in [0, 0.05) is 5.92 Å². The van der Waals surface area contributed by atoms with Gasteiger partial charge in [-0.05, 0) is 43.9 Å². The normalized spacial score (nSPS) is 22.1. The van der Waals surface area contributed by atoms with Gasteiger partial charge in [0.1, 0.15) is 5.78 Å². The number of carbonyl (C=O) groups excluding carboxylic acids is 1. The third-order valence-electron chi connectivity index (χ3n) is 4.33. The minimum Gasteiger partial charge on any atom is -0.300 e. The van der Waals surface area contributed by atoms with Gasteiger partial charge in [0.05, 0.1) is 0 Å². The van der Waals surface area contributed by atoms with E-state index < -0.39 is 0 Å². The van der Waals surface area contributed by atoms with Gasteiger partial charge < -0.3 is 0 Å². The molecule has 0 N–H and O–H groups in total. The van der Waals surface area contributed by atoms with E-state index in [4.69, 9.17) is 0 Å². The van der Waals surface area contributed by atoms with Gasteiger partial charge in [0.15, 0.2) is 0 Å². The van der Waals surface area contributed by atoms with Crippen molar-refractivity contribution in [3.63, 3.8) is 0 Å². The number of hydrogen-bond acceptors (Lipinski definition) is 1. The summed E-state index contributed by atoms with van der Waals surface area (Å²) in [4.78, 5) is 11.3. The van der Waals surface area contributed by atoms with Gasteiger partial charge in [-0.15, -0.1) is 0 Å². The van der Waals surface area contributed by atoms with E-state index in [9.17, 15) is 4.79 Å². The van der Waals surface area contributed by atoms with Crippen LogP contribution in [0.4, 0.5) is 0 Å². The van der Waals surface area contributed by atoms with Crippen molar-refractivity contribution in [2.75, 3.05) is 0 Å². The molecule has 0 heterocycles. The first-order chi connectivity index (χ1) is 7.05. The third kappa shape index (κ3) is 3.06. The molecule has 0 aromatic heterocycles. The molecule has 1 heteroatoms. The number of hydrogen-bond donors (Lipinski definition) is 0. The Kier molecular flexibility index (Phi) is 4.36. The van der Waals surface area contributed by atoms with Crippen LogP contribution in [0.5, 0.6) is 0 Å². The Balaban J connectivity index is 2.52. The van der Waals surface area contributed by atoms with Gasteiger partial charge >= 0.3 is 0 Å². The van der Waals surface area contributed by atoms with Crippen LogP contribution in [0.2, 0.25) is 0 Å². The fourth-order valence-electron chi connectivity index (χ4n) is 2.96. The fourth-order valence-corrected chi connectivity index (χ4v) is 2.96. The maximum atomic E-state index is 11.3. The van der Waals surface area contributed by atoms with Crippen LogP contribution < -0.4 is 0 Å². The Labute approximate surface area is 94.6 Å². The van der Waals surface area contributed by atoms with Crippen molar-refractivity contribution in [1.29, 1.82) is 0 Å². The summed E-state index contributed by atoms with van der Waals surface area (Å²) >= 11 is 0. The second-order valence-electron chi connectivity index (χ2n) is 5.46. The van der Waals surface area contributed by atoms with Gasteiger partial charge in [-0.1, -0.05) is 33.6 Å². The van der Waals surface area contributed by atoms with E-state index in [1.165, 1.54) is 32.1 Å². The molecule has 0 spiro atoms. The molecule has 1 saturated carbocycles. The van der Waals surface area contributed by atoms with Gasteiger partial charge in [0.25, 0.3) is 0 Å². The third-order valence-corrected chi connectivity index (χ3v) is 4.33. The first kappa shape index (κ1) is 12.7. The Morgan fingerprint density at radius 2 is 1.93 bits per heavy atom. The molecule has 88 valence electrons. The molecule has 1 rings (SSSR count). The minimum atomic E-state index is 0.268. The average molecular weight is 210 g/mol. The number of Topliss-reactive ketones (excluding diaryl/α,β-unsaturated/α-hetero) is 1. The topological polar surface area (TPSA) is 17.1 Å². The van der Waals surface area contributed by atoms with Gasteiger partial charge in [-0.3, -0.25) is 4.79 Å². The predicted octanol–water partition coefficient (Wildman–Crippen LogP) is 4.21. The number of rotatable bonds is 7. The van der Waals surface area contributed by atoms with Gasteiger partial charge in [0.2, 0.25) is 0 Å². The molecule has 0 amide bonds. The second-order valence-corrected chi connectivity index (χ2v) is 5.46. The standard InChI is InChI=1S/C14H26O/c1-5-7-14(8-9-14)13(6-2)10-11(3)12(4)15/h11,13H,5-10H2,1-4H3/t11-,13?/m0/s1. The molecule has 0 aromatic carbocycles. The summed E-state index contributed by atoms with van der Waals surface area (Å²) in [5.74, 6) is 1.42. The summed E-state index contributed by atoms with van der Waals surface area (Å²) in [6.45, 7) is 8.39. The van der Waals surface area contributed by atoms with E-state index in [2.05, 4.69) is 20.8 Å². The van der Waals surface area contributed by atoms with Gasteiger partial charge in [-0.25, -0.2) is 0 Å². The van der Waals surface area contributed by atoms with E-state index in [0.29, 0.717) is 11.2 Å². The van der Waals surface area contributed by atoms with Crippen LogP contribution in [0, 0.1) is 17.3 Å². The zero-order valence-corrected chi connectivity index (χ0v) is 10.8. The molecule has 0 bridgehead atoms. The summed E-state index contributed by atoms with van der Waals surface area (Å²) in [6, 6.07) is 0. The molecule has 15 heavy (non-hydrogen) atoms. The molecule has 0 saturated heterocycles. The first-order valence-electron chi connectivity index (χ1n) is 6.56. The van der Waals surface area contributed by atoms with Crippen LogP contribution in [0.1, 0.15) is 66.2 Å². The Morgan fingerprint density at radius 3 is 2.27 bits per heavy atom. The van der Waals surface area contributed by atoms with Crippen molar-refractivity contribution in [1.82, 2.24) is 0 Å². The zero-order valence-electron chi connectivity index (χ0n) is 10.8. The average Bonchev–Trinajstić information content (AvgIpc) is 2.95. The lowest BCUT2D eigenvalue weighted by atomic mass is 9.77. The lowest BCUT2D eigenvalue weighted by molar-refractivity contribution is -0.120. The Hall–Kier alpha value is -0.330. The SMILES string of the molecule is CCCC1(C(CC)C[C@H](C)C(C)=O)CC1. The highest BCUT2D eigenvalue weighted by Crippen LogP contribution is 2.58. The van der Waals surface area contributed by atoms with Crippen molar-refractivity contribution in [3.8, 4) is 0 Å². The molecular formula is C14H26O. The van der Waals surface area contributed by atoms with E-state index in [1.807, 2.05) is 0 Å². The number of ketones is 1. The molecule has 0 radical (unpaired) electrons. The monoisotopic (exact) mass is 210 g/mol. The fraction of sp³-hybridized carbons (Fsp3) is 0.929. The zero-order chi connectivity index (χ0) is 11.5. The van der Waals surface area contributed by atoms with Crippen LogP contribution in [-0.2, 0) is 4.79 Å². The van der Waals surface area contributed by atoms with Crippen molar-refractivity contribution in [2.45, 2.75) is 66.2 Å². The molecule has 1 aliphatic carbocycles. The van der Waals surface area contributed by atoms with Crippen LogP contribution in [-0.4, -0.2) is 5.78 Å². The summed E-state index contributed by atoms with van der Waals surface area (Å²) in [5.41, 5.74) is 0.632. The lowest BCUT2D eigenvalue weighted by Crippen LogP contribution is -2.21. The molecule has 0 aromatic rings. The Bertz CT molecular complexity index is 215. The number of carbonyl (C=O) groups is 1. The largest absolute Gasteiger partial charge is 0.300 e. The van der Waals surface area contributed by atoms with Crippen LogP contribution in [0.3, 0.4) is 0 Å². The van der Waals surface area contributed by atoms with Crippen LogP contribution >= 0.6 is 0 Å². The van der Waals surface area contributed by atoms with Crippen molar-refractivity contribution in [2.24, 2.45) is 17.3 Å². The van der Waals surface area contributed by atoms with E-state index >= 15 is 0 Å². The van der Waals surface area contributed by atoms with Crippen molar-refractivity contribution >= 4 is 5.78 Å². The molecule has 2 atom stereocenters. The summed E-state index contributed by atoms with van der Waals surface area (Å²) in [6.07, 6.45) is 7.85. The maximum Gasteiger partial charge on any atom is 0.132 e. The molecule has 0 aliphatic heterocycles. The summed E-state index contributed by atoms with van der Waals surface area (Å²) in [5, 5.41) is 0. The minimum absolute atomic E-state index is 0.268. The van der Waals surface area contributed by atoms with E-state index in [0.717, 1.165) is 12.3 Å². The first-order valence-corrected chi connectivity index (χ1v) is 6.56. The molecule has 1 aliphatic rings. The molecular weight excluding hydrogens is 184 g/mol. The molecule has 1 unspecified atom stereocenters. The molecule has 1 fully saturated rings. The van der Waals surface area contributed by atoms with Crippen LogP contribution in [0.15, 0.2) is 0 Å². The smallest absolute Gasteiger partial charge is 0.132 e. The van der Waals surface area contributed by atoms with E-state index in [-0.39, 0.29) is 5.92 Å². The quantitative estimate of drug-likeness (QED) is 0.615. The molecule has 1 nitrogen and oxygen atoms in total. The summed E-state index contributed by atoms with van der Waals surface area (Å²) < 4.78 is 0. The predicted molar refractivity (Wildman–Crippen MR) is 64.8 cm³/mol. The highest BCUT2D eigenvalue weighted by molar-refractivity contribution is 5.77. The maximum absolute atomic E-state index is 11.3. The van der Waals surface area contributed by atoms with Crippen LogP contribution in [0.25, 0.3) is 0 Å². The van der Waals surface area contributed by atoms with E-state index in [1.54, 1.807) is 6.92 Å². The highest BCUT2D eigenvalue weighted by Gasteiger charge is 2.47. The van der Waals surface area contributed by atoms with Gasteiger partial charge in [-0.2, -0.15) is 0 Å². The Morgan fingerprint density at radius 1 is 1.33 bits per heavy atom. The highest BCUT2D eigenvalue weighted by atomic mass is 16.1. The van der Waals surface area contributed by atoms with Crippen molar-refractivity contribution < 1.29 is 4.79 Å². The van der Waals surface area contributed by atoms with Crippen molar-refractivity contribution in [3.05, 3.63) is 0 Å². The summed E-state index contributed by atoms with van der Waals surface area (Å²) in [7, 11) is 0. The lowest BCUT2D eigenvalue weighted by Gasteiger charge is -2.27. The second kappa shape index (κ2) is 5.14.